The van der Waals surface area contributed by atoms with Gasteiger partial charge >= 0.3 is 0 Å². The Kier molecular flexibility index (Phi) is 4.62. The summed E-state index contributed by atoms with van der Waals surface area (Å²) in [6.07, 6.45) is 1.19. The molecule has 0 spiro atoms. The number of nitrogens with two attached hydrogens (primary N) is 1. The van der Waals surface area contributed by atoms with E-state index >= 15 is 0 Å². The Morgan fingerprint density at radius 1 is 1.44 bits per heavy atom. The minimum Gasteiger partial charge on any atom is -0.330 e. The van der Waals surface area contributed by atoms with E-state index in [0.717, 1.165) is 12.0 Å². The van der Waals surface area contributed by atoms with E-state index in [2.05, 4.69) is 0 Å². The molecule has 0 aliphatic carbocycles. The van der Waals surface area contributed by atoms with E-state index in [1.807, 2.05) is 6.92 Å². The molecule has 1 unspecified atom stereocenters. The minimum absolute atomic E-state index is 0.0112. The lowest BCUT2D eigenvalue weighted by atomic mass is 9.99. The highest BCUT2D eigenvalue weighted by molar-refractivity contribution is 5.96. The zero-order valence-electron chi connectivity index (χ0n) is 9.79. The van der Waals surface area contributed by atoms with Crippen molar-refractivity contribution < 1.29 is 9.18 Å². The third-order valence-corrected chi connectivity index (χ3v) is 2.63. The molecule has 1 rings (SSSR count). The van der Waals surface area contributed by atoms with Gasteiger partial charge in [0.15, 0.2) is 5.78 Å². The van der Waals surface area contributed by atoms with Crippen molar-refractivity contribution in [3.63, 3.8) is 0 Å². The maximum atomic E-state index is 13.1. The van der Waals surface area contributed by atoms with Gasteiger partial charge in [-0.2, -0.15) is 0 Å². The van der Waals surface area contributed by atoms with Crippen molar-refractivity contribution in [1.82, 2.24) is 0 Å². The minimum atomic E-state index is -0.352. The molecule has 3 heteroatoms. The zero-order valence-corrected chi connectivity index (χ0v) is 9.79. The van der Waals surface area contributed by atoms with Gasteiger partial charge in [0.05, 0.1) is 0 Å². The number of hydrogen-bond donors (Lipinski definition) is 1. The Morgan fingerprint density at radius 3 is 2.69 bits per heavy atom. The number of rotatable bonds is 5. The molecule has 0 aromatic heterocycles. The van der Waals surface area contributed by atoms with Crippen LogP contribution in [0.1, 0.15) is 35.7 Å². The fourth-order valence-corrected chi connectivity index (χ4v) is 1.54. The Morgan fingerprint density at radius 2 is 2.12 bits per heavy atom. The van der Waals surface area contributed by atoms with E-state index in [1.54, 1.807) is 13.0 Å². The van der Waals surface area contributed by atoms with Crippen LogP contribution in [0.3, 0.4) is 0 Å². The highest BCUT2D eigenvalue weighted by Gasteiger charge is 2.09. The van der Waals surface area contributed by atoms with Crippen molar-refractivity contribution in [3.8, 4) is 0 Å². The number of carbonyl (C=O) groups is 1. The average molecular weight is 223 g/mol. The molecule has 1 aromatic rings. The van der Waals surface area contributed by atoms with Gasteiger partial charge < -0.3 is 5.73 Å². The van der Waals surface area contributed by atoms with Crippen molar-refractivity contribution in [2.45, 2.75) is 26.7 Å². The summed E-state index contributed by atoms with van der Waals surface area (Å²) in [4.78, 5) is 11.8. The summed E-state index contributed by atoms with van der Waals surface area (Å²) >= 11 is 0. The number of carbonyl (C=O) groups excluding carboxylic acids is 1. The van der Waals surface area contributed by atoms with Gasteiger partial charge in [-0.15, -0.1) is 0 Å². The van der Waals surface area contributed by atoms with Crippen LogP contribution in [0, 0.1) is 18.7 Å². The Balaban J connectivity index is 2.66. The smallest absolute Gasteiger partial charge is 0.162 e. The molecule has 16 heavy (non-hydrogen) atoms. The SMILES string of the molecule is Cc1cc(F)cc(C(=O)CCC(C)CN)c1. The van der Waals surface area contributed by atoms with Crippen LogP contribution < -0.4 is 5.73 Å². The van der Waals surface area contributed by atoms with E-state index in [1.165, 1.54) is 12.1 Å². The van der Waals surface area contributed by atoms with Crippen molar-refractivity contribution in [2.24, 2.45) is 11.7 Å². The van der Waals surface area contributed by atoms with Crippen LogP contribution in [0.2, 0.25) is 0 Å². The van der Waals surface area contributed by atoms with Crippen LogP contribution in [0.15, 0.2) is 18.2 Å². The van der Waals surface area contributed by atoms with E-state index in [9.17, 15) is 9.18 Å². The van der Waals surface area contributed by atoms with Gasteiger partial charge in [-0.05, 0) is 49.6 Å². The van der Waals surface area contributed by atoms with Crippen molar-refractivity contribution in [3.05, 3.63) is 35.1 Å². The summed E-state index contributed by atoms with van der Waals surface area (Å²) in [6.45, 7) is 4.36. The summed E-state index contributed by atoms with van der Waals surface area (Å²) in [5, 5.41) is 0. The second kappa shape index (κ2) is 5.75. The predicted octanol–water partition coefficient (Wildman–Crippen LogP) is 2.69. The molecule has 1 atom stereocenters. The third-order valence-electron chi connectivity index (χ3n) is 2.63. The molecule has 0 bridgehead atoms. The normalized spacial score (nSPS) is 12.5. The van der Waals surface area contributed by atoms with Crippen LogP contribution in [0.25, 0.3) is 0 Å². The van der Waals surface area contributed by atoms with E-state index in [4.69, 9.17) is 5.73 Å². The van der Waals surface area contributed by atoms with Crippen molar-refractivity contribution in [2.75, 3.05) is 6.54 Å². The largest absolute Gasteiger partial charge is 0.330 e. The fourth-order valence-electron chi connectivity index (χ4n) is 1.54. The highest BCUT2D eigenvalue weighted by atomic mass is 19.1. The van der Waals surface area contributed by atoms with Crippen molar-refractivity contribution in [1.29, 1.82) is 0 Å². The zero-order chi connectivity index (χ0) is 12.1. The molecule has 2 nitrogen and oxygen atoms in total. The number of halogens is 1. The molecule has 0 aliphatic heterocycles. The summed E-state index contributed by atoms with van der Waals surface area (Å²) in [6, 6.07) is 4.43. The average Bonchev–Trinajstić information content (AvgIpc) is 2.23. The molecule has 0 radical (unpaired) electrons. The van der Waals surface area contributed by atoms with Gasteiger partial charge in [-0.25, -0.2) is 4.39 Å². The molecule has 0 aliphatic rings. The number of benzene rings is 1. The van der Waals surface area contributed by atoms with Crippen LogP contribution in [0.5, 0.6) is 0 Å². The maximum Gasteiger partial charge on any atom is 0.162 e. The lowest BCUT2D eigenvalue weighted by Gasteiger charge is -2.07. The second-order valence-electron chi connectivity index (χ2n) is 4.32. The van der Waals surface area contributed by atoms with Gasteiger partial charge in [0.25, 0.3) is 0 Å². The van der Waals surface area contributed by atoms with Gasteiger partial charge in [0.1, 0.15) is 5.82 Å². The molecule has 0 heterocycles. The van der Waals surface area contributed by atoms with E-state index in [0.29, 0.717) is 24.4 Å². The molecule has 2 N–H and O–H groups in total. The molecule has 0 saturated carbocycles. The number of hydrogen-bond acceptors (Lipinski definition) is 2. The summed E-state index contributed by atoms with van der Waals surface area (Å²) in [5.74, 6) is -0.0308. The molecular formula is C13H18FNO. The molecular weight excluding hydrogens is 205 g/mol. The van der Waals surface area contributed by atoms with Gasteiger partial charge in [0.2, 0.25) is 0 Å². The molecule has 0 saturated heterocycles. The molecule has 1 aromatic carbocycles. The third kappa shape index (κ3) is 3.74. The number of ketones is 1. The van der Waals surface area contributed by atoms with Crippen LogP contribution in [0.4, 0.5) is 4.39 Å². The Hall–Kier alpha value is -1.22. The highest BCUT2D eigenvalue weighted by Crippen LogP contribution is 2.13. The maximum absolute atomic E-state index is 13.1. The first-order chi connectivity index (χ1) is 7.52. The van der Waals surface area contributed by atoms with Crippen LogP contribution in [-0.2, 0) is 0 Å². The Labute approximate surface area is 95.7 Å². The number of aryl methyl sites for hydroxylation is 1. The molecule has 0 amide bonds. The molecule has 88 valence electrons. The van der Waals surface area contributed by atoms with E-state index in [-0.39, 0.29) is 11.6 Å². The lowest BCUT2D eigenvalue weighted by Crippen LogP contribution is -2.12. The number of Topliss-reactive ketones (excluding diaryl/α,β-unsaturated/α-hetero) is 1. The second-order valence-corrected chi connectivity index (χ2v) is 4.32. The molecule has 0 fully saturated rings. The van der Waals surface area contributed by atoms with Crippen LogP contribution >= 0.6 is 0 Å². The standard InChI is InChI=1S/C13H18FNO/c1-9(8-15)3-4-13(16)11-5-10(2)6-12(14)7-11/h5-7,9H,3-4,8,15H2,1-2H3. The Bertz CT molecular complexity index is 356. The topological polar surface area (TPSA) is 43.1 Å². The fraction of sp³-hybridized carbons (Fsp3) is 0.462. The first-order valence-electron chi connectivity index (χ1n) is 5.53. The quantitative estimate of drug-likeness (QED) is 0.780. The lowest BCUT2D eigenvalue weighted by molar-refractivity contribution is 0.0974. The summed E-state index contributed by atoms with van der Waals surface area (Å²) < 4.78 is 13.1. The monoisotopic (exact) mass is 223 g/mol. The first kappa shape index (κ1) is 12.8. The van der Waals surface area contributed by atoms with Crippen molar-refractivity contribution >= 4 is 5.78 Å². The van der Waals surface area contributed by atoms with Gasteiger partial charge in [-0.3, -0.25) is 4.79 Å². The van der Waals surface area contributed by atoms with E-state index < -0.39 is 0 Å². The van der Waals surface area contributed by atoms with Gasteiger partial charge in [-0.1, -0.05) is 6.92 Å². The first-order valence-corrected chi connectivity index (χ1v) is 5.53. The summed E-state index contributed by atoms with van der Waals surface area (Å²) in [7, 11) is 0. The van der Waals surface area contributed by atoms with Crippen LogP contribution in [-0.4, -0.2) is 12.3 Å². The predicted molar refractivity (Wildman–Crippen MR) is 62.9 cm³/mol. The van der Waals surface area contributed by atoms with Gasteiger partial charge in [0, 0.05) is 12.0 Å². The summed E-state index contributed by atoms with van der Waals surface area (Å²) in [5.41, 5.74) is 6.71.